The van der Waals surface area contributed by atoms with Crippen molar-refractivity contribution in [3.8, 4) is 0 Å². The fourth-order valence-corrected chi connectivity index (χ4v) is 8.06. The van der Waals surface area contributed by atoms with Crippen LogP contribution in [-0.2, 0) is 28.7 Å². The summed E-state index contributed by atoms with van der Waals surface area (Å²) in [5.41, 5.74) is 5.46. The Kier molecular flexibility index (Phi) is 44.9. The third-order valence-electron chi connectivity index (χ3n) is 11.9. The fourth-order valence-electron chi connectivity index (χ4n) is 8.06. The van der Waals surface area contributed by atoms with E-state index >= 15 is 0 Å². The molecule has 62 heavy (non-hydrogen) atoms. The highest BCUT2D eigenvalue weighted by atomic mass is 16.6. The number of aliphatic hydroxyl groups is 1. The van der Waals surface area contributed by atoms with Crippen molar-refractivity contribution in [1.82, 2.24) is 9.80 Å². The second-order valence-electron chi connectivity index (χ2n) is 17.8. The largest absolute Gasteiger partial charge is 0.481 e. The Morgan fingerprint density at radius 2 is 1.00 bits per heavy atom. The van der Waals surface area contributed by atoms with Gasteiger partial charge in [-0.25, -0.2) is 9.59 Å². The van der Waals surface area contributed by atoms with E-state index in [1.54, 1.807) is 0 Å². The van der Waals surface area contributed by atoms with Gasteiger partial charge in [-0.15, -0.1) is 0 Å². The lowest BCUT2D eigenvalue weighted by Gasteiger charge is -2.20. The van der Waals surface area contributed by atoms with Gasteiger partial charge in [-0.3, -0.25) is 9.59 Å². The molecule has 3 aliphatic rings. The number of likely N-dealkylation sites (tertiary alicyclic amines) is 2. The number of ether oxygens (including phenoxy) is 2. The average Bonchev–Trinajstić information content (AvgIpc) is 3.45. The van der Waals surface area contributed by atoms with E-state index in [0.717, 1.165) is 57.3 Å². The maximum atomic E-state index is 12.4. The number of unbranched alkanes of at least 4 members (excludes halogenated alkanes) is 19. The summed E-state index contributed by atoms with van der Waals surface area (Å²) < 4.78 is 9.40. The standard InChI is InChI=1S/C26H49NO4.C12H26O.C9H20N2.C4H2O3/c1-2-3-4-5-6-7-8-9-12-17-22-31-26(30)24(23-25(28)29)18-13-16-21-27-19-14-10-11-15-20-27;1-2-3-4-5-6-7-8-9-10-11-12-13;10-6-5-9-11-7-3-1-2-4-8-11;5-3-1-2-4(6)7-3/h24H,2-23H2,1H3,(H,28,29);13H,2-12H2,1H3;1-10H2;1-2H. The van der Waals surface area contributed by atoms with Crippen LogP contribution in [0.4, 0.5) is 0 Å². The van der Waals surface area contributed by atoms with Crippen LogP contribution in [0.3, 0.4) is 0 Å². The van der Waals surface area contributed by atoms with Crippen molar-refractivity contribution in [3.05, 3.63) is 12.2 Å². The van der Waals surface area contributed by atoms with Crippen LogP contribution in [-0.4, -0.2) is 103 Å². The van der Waals surface area contributed by atoms with Crippen LogP contribution < -0.4 is 5.73 Å². The zero-order valence-electron chi connectivity index (χ0n) is 40.2. The van der Waals surface area contributed by atoms with Gasteiger partial charge in [-0.2, -0.15) is 0 Å². The summed E-state index contributed by atoms with van der Waals surface area (Å²) in [6, 6.07) is 0. The van der Waals surface area contributed by atoms with E-state index in [-0.39, 0.29) is 12.4 Å². The minimum Gasteiger partial charge on any atom is -0.481 e. The predicted molar refractivity (Wildman–Crippen MR) is 255 cm³/mol. The van der Waals surface area contributed by atoms with E-state index in [1.807, 2.05) is 0 Å². The minimum absolute atomic E-state index is 0.111. The quantitative estimate of drug-likeness (QED) is 0.0335. The van der Waals surface area contributed by atoms with E-state index < -0.39 is 23.8 Å². The molecule has 2 fully saturated rings. The first kappa shape index (κ1) is 59.7. The lowest BCUT2D eigenvalue weighted by molar-refractivity contribution is -0.153. The third kappa shape index (κ3) is 41.7. The molecule has 0 saturated carbocycles. The summed E-state index contributed by atoms with van der Waals surface area (Å²) in [4.78, 5) is 48.5. The van der Waals surface area contributed by atoms with Gasteiger partial charge < -0.3 is 35.2 Å². The molecule has 3 rings (SSSR count). The van der Waals surface area contributed by atoms with Gasteiger partial charge in [0.1, 0.15) is 0 Å². The summed E-state index contributed by atoms with van der Waals surface area (Å²) in [5.74, 6) is -2.87. The highest BCUT2D eigenvalue weighted by Crippen LogP contribution is 2.18. The number of carbonyl (C=O) groups is 4. The fraction of sp³-hybridized carbons (Fsp3) is 0.882. The van der Waals surface area contributed by atoms with Crippen LogP contribution in [0, 0.1) is 5.92 Å². The number of nitrogens with zero attached hydrogens (tertiary/aromatic N) is 2. The van der Waals surface area contributed by atoms with Crippen LogP contribution >= 0.6 is 0 Å². The van der Waals surface area contributed by atoms with Gasteiger partial charge in [0.25, 0.3) is 0 Å². The van der Waals surface area contributed by atoms with Crippen molar-refractivity contribution in [2.45, 2.75) is 226 Å². The normalized spacial score (nSPS) is 16.1. The molecule has 0 radical (unpaired) electrons. The molecule has 0 aromatic rings. The van der Waals surface area contributed by atoms with Crippen LogP contribution in [0.2, 0.25) is 0 Å². The van der Waals surface area contributed by atoms with Gasteiger partial charge >= 0.3 is 23.9 Å². The molecule has 0 aromatic heterocycles. The molecule has 11 heteroatoms. The van der Waals surface area contributed by atoms with E-state index in [2.05, 4.69) is 28.4 Å². The maximum Gasteiger partial charge on any atom is 0.338 e. The van der Waals surface area contributed by atoms with Gasteiger partial charge in [0.05, 0.1) is 18.9 Å². The van der Waals surface area contributed by atoms with Crippen molar-refractivity contribution < 1.29 is 38.9 Å². The van der Waals surface area contributed by atoms with Gasteiger partial charge in [0.2, 0.25) is 0 Å². The van der Waals surface area contributed by atoms with Crippen LogP contribution in [0.25, 0.3) is 0 Å². The molecule has 0 spiro atoms. The van der Waals surface area contributed by atoms with E-state index in [1.165, 1.54) is 200 Å². The Hall–Kier alpha value is -2.34. The van der Waals surface area contributed by atoms with E-state index in [0.29, 0.717) is 19.6 Å². The Morgan fingerprint density at radius 3 is 1.37 bits per heavy atom. The summed E-state index contributed by atoms with van der Waals surface area (Å²) in [7, 11) is 0. The van der Waals surface area contributed by atoms with Crippen molar-refractivity contribution in [2.24, 2.45) is 11.7 Å². The van der Waals surface area contributed by atoms with Gasteiger partial charge in [-0.1, -0.05) is 162 Å². The second kappa shape index (κ2) is 46.6. The van der Waals surface area contributed by atoms with Crippen molar-refractivity contribution >= 4 is 23.9 Å². The number of carboxylic acids is 1. The number of hydrogen-bond acceptors (Lipinski definition) is 10. The predicted octanol–water partition coefficient (Wildman–Crippen LogP) is 11.3. The SMILES string of the molecule is CCCCCCCCCCCCO.CCCCCCCCCCCCOC(=O)C(CCCCN1CCCCCC1)CC(=O)O.NCCCN1CCCCCC1.O=C1C=CC(=O)O1. The number of aliphatic carboxylic acids is 1. The Labute approximate surface area is 380 Å². The van der Waals surface area contributed by atoms with E-state index in [4.69, 9.17) is 20.7 Å². The van der Waals surface area contributed by atoms with Crippen molar-refractivity contribution in [3.63, 3.8) is 0 Å². The van der Waals surface area contributed by atoms with Crippen molar-refractivity contribution in [1.29, 1.82) is 0 Å². The highest BCUT2D eigenvalue weighted by molar-refractivity contribution is 6.04. The lowest BCUT2D eigenvalue weighted by Crippen LogP contribution is -2.27. The minimum atomic E-state index is -0.909. The van der Waals surface area contributed by atoms with Gasteiger partial charge in [-0.05, 0) is 104 Å². The average molecular weight is 880 g/mol. The Balaban J connectivity index is 0.000000969. The molecule has 3 aliphatic heterocycles. The first-order valence-corrected chi connectivity index (χ1v) is 25.8. The van der Waals surface area contributed by atoms with Crippen molar-refractivity contribution in [2.75, 3.05) is 59.0 Å². The number of carboxylic acid groups (broad SMARTS) is 1. The number of rotatable bonds is 32. The first-order valence-electron chi connectivity index (χ1n) is 25.8. The maximum absolute atomic E-state index is 12.4. The summed E-state index contributed by atoms with van der Waals surface area (Å²) in [6.45, 7) is 13.4. The molecule has 4 N–H and O–H groups in total. The summed E-state index contributed by atoms with van der Waals surface area (Å²) in [5, 5.41) is 17.7. The van der Waals surface area contributed by atoms with Crippen LogP contribution in [0.1, 0.15) is 226 Å². The monoisotopic (exact) mass is 880 g/mol. The summed E-state index contributed by atoms with van der Waals surface area (Å²) >= 11 is 0. The van der Waals surface area contributed by atoms with Gasteiger partial charge in [0.15, 0.2) is 0 Å². The number of nitrogens with two attached hydrogens (primary N) is 1. The Morgan fingerprint density at radius 1 is 0.597 bits per heavy atom. The smallest absolute Gasteiger partial charge is 0.338 e. The second-order valence-corrected chi connectivity index (χ2v) is 17.8. The molecule has 0 aliphatic carbocycles. The molecule has 11 nitrogen and oxygen atoms in total. The number of cyclic esters (lactones) is 2. The molecule has 1 atom stereocenters. The highest BCUT2D eigenvalue weighted by Gasteiger charge is 2.23. The number of aliphatic hydroxyl groups excluding tert-OH is 1. The molecule has 1 unspecified atom stereocenters. The zero-order valence-corrected chi connectivity index (χ0v) is 40.2. The van der Waals surface area contributed by atoms with Crippen LogP contribution in [0.15, 0.2) is 12.2 Å². The molecule has 0 bridgehead atoms. The molecule has 0 amide bonds. The summed E-state index contributed by atoms with van der Waals surface area (Å²) in [6.07, 6.45) is 42.4. The van der Waals surface area contributed by atoms with Crippen LogP contribution in [0.5, 0.6) is 0 Å². The number of hydrogen-bond donors (Lipinski definition) is 3. The third-order valence-corrected chi connectivity index (χ3v) is 11.9. The van der Waals surface area contributed by atoms with Gasteiger partial charge in [0, 0.05) is 18.8 Å². The molecule has 3 heterocycles. The number of carbonyl (C=O) groups excluding carboxylic acids is 3. The Bertz CT molecular complexity index is 1030. The first-order chi connectivity index (χ1) is 30.3. The molecule has 2 saturated heterocycles. The molecular weight excluding hydrogens is 783 g/mol. The number of esters is 3. The zero-order chi connectivity index (χ0) is 45.6. The molecule has 0 aromatic carbocycles. The van der Waals surface area contributed by atoms with E-state index in [9.17, 15) is 19.2 Å². The molecule has 364 valence electrons. The molecular formula is C51H97N3O8. The lowest BCUT2D eigenvalue weighted by atomic mass is 9.98. The topological polar surface area (TPSA) is 160 Å².